The molecule has 2 nitrogen and oxygen atoms in total. The van der Waals surface area contributed by atoms with Gasteiger partial charge >= 0.3 is 0 Å². The van der Waals surface area contributed by atoms with E-state index in [-0.39, 0.29) is 5.75 Å². The molecule has 1 heterocycles. The zero-order valence-corrected chi connectivity index (χ0v) is 5.52. The highest BCUT2D eigenvalue weighted by Crippen LogP contribution is 1.83. The number of carbonyl (C=O) groups excluding carboxylic acids is 1. The molecule has 0 aliphatic rings. The van der Waals surface area contributed by atoms with Gasteiger partial charge in [-0.3, -0.25) is 4.79 Å². The largest absolute Gasteiger partial charge is 0.285 e. The first-order valence-electron chi connectivity index (χ1n) is 1.80. The van der Waals surface area contributed by atoms with Gasteiger partial charge in [-0.2, -0.15) is 0 Å². The van der Waals surface area contributed by atoms with Gasteiger partial charge < -0.3 is 0 Å². The molecule has 0 atom stereocenters. The van der Waals surface area contributed by atoms with Gasteiger partial charge in [0.1, 0.15) is 0 Å². The summed E-state index contributed by atoms with van der Waals surface area (Å²) in [5, 5.41) is 1.93. The summed E-state index contributed by atoms with van der Waals surface area (Å²) in [6, 6.07) is 1.91. The van der Waals surface area contributed by atoms with Crippen LogP contribution in [0.25, 0.3) is 0 Å². The third-order valence-electron chi connectivity index (χ3n) is 0.347. The predicted octanol–water partition coefficient (Wildman–Crippen LogP) is 1.56. The quantitative estimate of drug-likeness (QED) is 0.414. The van der Waals surface area contributed by atoms with Crippen molar-refractivity contribution < 1.29 is 4.79 Å². The molecular formula is C4H4ClNOS. The maximum Gasteiger partial charge on any atom is 0.208 e. The second-order valence-corrected chi connectivity index (χ2v) is 1.65. The van der Waals surface area contributed by atoms with Crippen LogP contribution in [-0.4, -0.2) is 10.1 Å². The highest BCUT2D eigenvalue weighted by molar-refractivity contribution is 7.03. The van der Waals surface area contributed by atoms with E-state index >= 15 is 0 Å². The van der Waals surface area contributed by atoms with E-state index in [1.54, 1.807) is 6.20 Å². The highest BCUT2D eigenvalue weighted by atomic mass is 35.5. The molecule has 0 aliphatic heterocycles. The Kier molecular flexibility index (Phi) is 6.25. The first-order chi connectivity index (χ1) is 3.91. The molecule has 0 fully saturated rings. The number of aromatic nitrogens is 1. The van der Waals surface area contributed by atoms with Crippen molar-refractivity contribution in [3.05, 3.63) is 17.6 Å². The summed E-state index contributed by atoms with van der Waals surface area (Å²) < 4.78 is 3.76. The molecule has 0 spiro atoms. The summed E-state index contributed by atoms with van der Waals surface area (Å²) in [6.45, 7) is 0. The van der Waals surface area contributed by atoms with Gasteiger partial charge in [-0.05, 0) is 29.2 Å². The van der Waals surface area contributed by atoms with Crippen LogP contribution in [0, 0.1) is 0 Å². The van der Waals surface area contributed by atoms with Crippen LogP contribution in [0.2, 0.25) is 0 Å². The van der Waals surface area contributed by atoms with E-state index < -0.39 is 0 Å². The van der Waals surface area contributed by atoms with Gasteiger partial charge in [0.2, 0.25) is 5.75 Å². The van der Waals surface area contributed by atoms with Gasteiger partial charge in [0.05, 0.1) is 0 Å². The number of rotatable bonds is 0. The summed E-state index contributed by atoms with van der Waals surface area (Å²) in [6.07, 6.45) is 1.77. The normalized spacial score (nSPS) is 6.62. The maximum atomic E-state index is 8.57. The van der Waals surface area contributed by atoms with Crippen molar-refractivity contribution >= 4 is 28.9 Å². The van der Waals surface area contributed by atoms with Gasteiger partial charge in [0, 0.05) is 11.6 Å². The minimum Gasteiger partial charge on any atom is -0.285 e. The van der Waals surface area contributed by atoms with Crippen molar-refractivity contribution in [1.29, 1.82) is 0 Å². The van der Waals surface area contributed by atoms with Gasteiger partial charge in [0.15, 0.2) is 0 Å². The Labute approximate surface area is 56.3 Å². The zero-order chi connectivity index (χ0) is 6.24. The number of nitrogens with zero attached hydrogens (tertiary/aromatic N) is 1. The van der Waals surface area contributed by atoms with Gasteiger partial charge in [0.25, 0.3) is 0 Å². The Hall–Kier alpha value is -0.410. The smallest absolute Gasteiger partial charge is 0.208 e. The Morgan fingerprint density at radius 2 is 2.38 bits per heavy atom. The average molecular weight is 150 g/mol. The van der Waals surface area contributed by atoms with Crippen molar-refractivity contribution in [2.75, 3.05) is 0 Å². The van der Waals surface area contributed by atoms with E-state index in [0.29, 0.717) is 0 Å². The molecule has 1 aromatic rings. The van der Waals surface area contributed by atoms with Crippen LogP contribution in [0.1, 0.15) is 0 Å². The topological polar surface area (TPSA) is 30.0 Å². The first kappa shape index (κ1) is 7.59. The van der Waals surface area contributed by atoms with Crippen molar-refractivity contribution in [3.63, 3.8) is 0 Å². The molecule has 0 aromatic carbocycles. The van der Waals surface area contributed by atoms with Gasteiger partial charge in [-0.1, -0.05) is 0 Å². The number of carbonyl (C=O) groups is 1. The van der Waals surface area contributed by atoms with Crippen LogP contribution < -0.4 is 0 Å². The average Bonchev–Trinajstić information content (AvgIpc) is 2.17. The SMILES string of the molecule is O=CCl.c1cnsc1. The van der Waals surface area contributed by atoms with E-state index in [1.165, 1.54) is 11.5 Å². The second kappa shape index (κ2) is 6.59. The number of hydrogen-bond acceptors (Lipinski definition) is 3. The highest BCUT2D eigenvalue weighted by Gasteiger charge is 1.59. The molecule has 0 amide bonds. The standard InChI is InChI=1S/C3H3NS.CHClO/c1-2-4-5-3-1;2-1-3/h1-3H;1H. The third-order valence-corrected chi connectivity index (χ3v) is 0.869. The molecule has 0 bridgehead atoms. The molecular weight excluding hydrogens is 146 g/mol. The molecule has 0 unspecified atom stereocenters. The molecule has 0 radical (unpaired) electrons. The lowest BCUT2D eigenvalue weighted by molar-refractivity contribution is 0.569. The maximum absolute atomic E-state index is 8.57. The molecule has 8 heavy (non-hydrogen) atoms. The van der Waals surface area contributed by atoms with Gasteiger partial charge in [-0.15, -0.1) is 0 Å². The van der Waals surface area contributed by atoms with E-state index in [0.717, 1.165) is 0 Å². The van der Waals surface area contributed by atoms with Crippen molar-refractivity contribution in [1.82, 2.24) is 4.37 Å². The van der Waals surface area contributed by atoms with E-state index in [2.05, 4.69) is 16.0 Å². The molecule has 0 aliphatic carbocycles. The third kappa shape index (κ3) is 5.59. The minimum atomic E-state index is 0.222. The van der Waals surface area contributed by atoms with E-state index in [1.807, 2.05) is 11.4 Å². The van der Waals surface area contributed by atoms with Crippen LogP contribution in [0.15, 0.2) is 17.6 Å². The van der Waals surface area contributed by atoms with Crippen LogP contribution in [0.3, 0.4) is 0 Å². The zero-order valence-electron chi connectivity index (χ0n) is 3.95. The molecule has 0 saturated heterocycles. The van der Waals surface area contributed by atoms with Gasteiger partial charge in [-0.25, -0.2) is 4.37 Å². The minimum absolute atomic E-state index is 0.222. The summed E-state index contributed by atoms with van der Waals surface area (Å²) in [5.41, 5.74) is 0. The first-order valence-corrected chi connectivity index (χ1v) is 3.07. The molecule has 0 saturated carbocycles. The molecule has 4 heteroatoms. The Bertz CT molecular complexity index is 102. The summed E-state index contributed by atoms with van der Waals surface area (Å²) in [4.78, 5) is 8.57. The van der Waals surface area contributed by atoms with Crippen molar-refractivity contribution in [2.45, 2.75) is 0 Å². The fourth-order valence-electron chi connectivity index (χ4n) is 0.176. The van der Waals surface area contributed by atoms with Crippen molar-refractivity contribution in [2.24, 2.45) is 0 Å². The van der Waals surface area contributed by atoms with Crippen LogP contribution >= 0.6 is 23.1 Å². The number of halogens is 1. The predicted molar refractivity (Wildman–Crippen MR) is 34.7 cm³/mol. The van der Waals surface area contributed by atoms with Crippen LogP contribution in [-0.2, 0) is 4.79 Å². The van der Waals surface area contributed by atoms with Crippen LogP contribution in [0.4, 0.5) is 0 Å². The molecule has 44 valence electrons. The van der Waals surface area contributed by atoms with E-state index in [4.69, 9.17) is 4.79 Å². The monoisotopic (exact) mass is 149 g/mol. The fraction of sp³-hybridized carbons (Fsp3) is 0. The second-order valence-electron chi connectivity index (χ2n) is 0.778. The number of hydrogen-bond donors (Lipinski definition) is 0. The lowest BCUT2D eigenvalue weighted by Gasteiger charge is -1.41. The lowest BCUT2D eigenvalue weighted by atomic mass is 10.8. The Balaban J connectivity index is 0.000000145. The summed E-state index contributed by atoms with van der Waals surface area (Å²) in [7, 11) is 0. The fourth-order valence-corrected chi connectivity index (χ4v) is 0.527. The van der Waals surface area contributed by atoms with Crippen molar-refractivity contribution in [3.8, 4) is 0 Å². The summed E-state index contributed by atoms with van der Waals surface area (Å²) in [5.74, 6) is 0.222. The van der Waals surface area contributed by atoms with E-state index in [9.17, 15) is 0 Å². The molecule has 1 aromatic heterocycles. The molecule has 0 N–H and O–H groups in total. The lowest BCUT2D eigenvalue weighted by Crippen LogP contribution is -1.32. The Morgan fingerprint density at radius 1 is 1.75 bits per heavy atom. The molecule has 1 rings (SSSR count). The van der Waals surface area contributed by atoms with Crippen LogP contribution in [0.5, 0.6) is 0 Å². The Morgan fingerprint density at radius 3 is 2.50 bits per heavy atom. The summed E-state index contributed by atoms with van der Waals surface area (Å²) >= 11 is 5.78.